The lowest BCUT2D eigenvalue weighted by Gasteiger charge is -2.16. The van der Waals surface area contributed by atoms with Crippen LogP contribution in [-0.2, 0) is 0 Å². The van der Waals surface area contributed by atoms with Gasteiger partial charge in [-0.05, 0) is 31.4 Å². The molecule has 3 rings (SSSR count). The van der Waals surface area contributed by atoms with Crippen molar-refractivity contribution >= 4 is 5.97 Å². The minimum Gasteiger partial charge on any atom is -0.491 e. The monoisotopic (exact) mass is 290 g/mol. The summed E-state index contributed by atoms with van der Waals surface area (Å²) in [5.74, 6) is -0.507. The van der Waals surface area contributed by atoms with Gasteiger partial charge in [0.25, 0.3) is 0 Å². The van der Waals surface area contributed by atoms with Gasteiger partial charge in [0.05, 0.1) is 0 Å². The molecule has 0 radical (unpaired) electrons. The second kappa shape index (κ2) is 6.45. The third-order valence-corrected chi connectivity index (χ3v) is 4.19. The first-order chi connectivity index (χ1) is 10.2. The lowest BCUT2D eigenvalue weighted by molar-refractivity contribution is 0.0692. The number of hydrogen-bond acceptors (Lipinski definition) is 4. The zero-order chi connectivity index (χ0) is 14.7. The second-order valence-electron chi connectivity index (χ2n) is 5.82. The molecule has 1 heterocycles. The van der Waals surface area contributed by atoms with Gasteiger partial charge in [-0.3, -0.25) is 4.90 Å². The molecule has 0 aromatic heterocycles. The van der Waals surface area contributed by atoms with E-state index in [1.165, 1.54) is 25.8 Å². The van der Waals surface area contributed by atoms with Crippen molar-refractivity contribution in [2.45, 2.75) is 31.3 Å². The molecule has 0 spiro atoms. The van der Waals surface area contributed by atoms with Gasteiger partial charge in [-0.1, -0.05) is 12.1 Å². The van der Waals surface area contributed by atoms with Crippen LogP contribution < -0.4 is 10.1 Å². The summed E-state index contributed by atoms with van der Waals surface area (Å²) in [6.07, 6.45) is 3.92. The standard InChI is InChI=1S/C16H22N2O3/c19-16(20)14-3-1-2-4-15(14)21-10-8-17-12-7-9-18(11-12)13-5-6-13/h1-4,12-13,17H,5-11H2,(H,19,20). The molecule has 5 heteroatoms. The van der Waals surface area contributed by atoms with Crippen LogP contribution in [0.1, 0.15) is 29.6 Å². The molecule has 1 saturated carbocycles. The van der Waals surface area contributed by atoms with E-state index in [-0.39, 0.29) is 5.56 Å². The van der Waals surface area contributed by atoms with Crippen molar-refractivity contribution in [2.75, 3.05) is 26.2 Å². The zero-order valence-corrected chi connectivity index (χ0v) is 12.1. The fraction of sp³-hybridized carbons (Fsp3) is 0.562. The molecular weight excluding hydrogens is 268 g/mol. The number of nitrogens with one attached hydrogen (secondary N) is 1. The molecule has 2 fully saturated rings. The summed E-state index contributed by atoms with van der Waals surface area (Å²) in [4.78, 5) is 13.6. The van der Waals surface area contributed by atoms with E-state index in [1.54, 1.807) is 24.3 Å². The number of nitrogens with zero attached hydrogens (tertiary/aromatic N) is 1. The van der Waals surface area contributed by atoms with Gasteiger partial charge in [-0.15, -0.1) is 0 Å². The quantitative estimate of drug-likeness (QED) is 0.747. The fourth-order valence-corrected chi connectivity index (χ4v) is 2.92. The van der Waals surface area contributed by atoms with Crippen LogP contribution in [0.5, 0.6) is 5.75 Å². The molecule has 1 aromatic rings. The van der Waals surface area contributed by atoms with Crippen molar-refractivity contribution in [3.05, 3.63) is 29.8 Å². The number of rotatable bonds is 7. The number of carboxylic acids is 1. The minimum atomic E-state index is -0.950. The van der Waals surface area contributed by atoms with Crippen LogP contribution in [-0.4, -0.2) is 54.3 Å². The maximum atomic E-state index is 11.1. The van der Waals surface area contributed by atoms with Gasteiger partial charge < -0.3 is 15.2 Å². The first-order valence-electron chi connectivity index (χ1n) is 7.66. The summed E-state index contributed by atoms with van der Waals surface area (Å²) in [6.45, 7) is 3.57. The van der Waals surface area contributed by atoms with E-state index in [0.29, 0.717) is 18.4 Å². The van der Waals surface area contributed by atoms with Crippen LogP contribution in [0, 0.1) is 0 Å². The number of para-hydroxylation sites is 1. The number of benzene rings is 1. The summed E-state index contributed by atoms with van der Waals surface area (Å²) in [5, 5.41) is 12.6. The highest BCUT2D eigenvalue weighted by atomic mass is 16.5. The van der Waals surface area contributed by atoms with E-state index in [4.69, 9.17) is 9.84 Å². The van der Waals surface area contributed by atoms with E-state index < -0.39 is 5.97 Å². The number of hydrogen-bond donors (Lipinski definition) is 2. The molecule has 1 atom stereocenters. The number of likely N-dealkylation sites (tertiary alicyclic amines) is 1. The molecule has 5 nitrogen and oxygen atoms in total. The van der Waals surface area contributed by atoms with Crippen LogP contribution >= 0.6 is 0 Å². The van der Waals surface area contributed by atoms with Crippen molar-refractivity contribution in [3.63, 3.8) is 0 Å². The molecule has 2 N–H and O–H groups in total. The van der Waals surface area contributed by atoms with Gasteiger partial charge in [0.2, 0.25) is 0 Å². The Hall–Kier alpha value is -1.59. The maximum absolute atomic E-state index is 11.1. The summed E-state index contributed by atoms with van der Waals surface area (Å²) in [6, 6.07) is 8.15. The molecule has 114 valence electrons. The number of ether oxygens (including phenoxy) is 1. The molecule has 21 heavy (non-hydrogen) atoms. The van der Waals surface area contributed by atoms with Crippen LogP contribution in [0.3, 0.4) is 0 Å². The summed E-state index contributed by atoms with van der Waals surface area (Å²) >= 11 is 0. The summed E-state index contributed by atoms with van der Waals surface area (Å²) < 4.78 is 5.59. The normalized spacial score (nSPS) is 22.4. The molecule has 1 saturated heterocycles. The molecule has 0 amide bonds. The molecule has 1 aromatic carbocycles. The SMILES string of the molecule is O=C(O)c1ccccc1OCCNC1CCN(C2CC2)C1. The van der Waals surface area contributed by atoms with Gasteiger partial charge in [0, 0.05) is 31.7 Å². The molecule has 0 bridgehead atoms. The van der Waals surface area contributed by atoms with Crippen molar-refractivity contribution < 1.29 is 14.6 Å². The van der Waals surface area contributed by atoms with Gasteiger partial charge in [0.15, 0.2) is 0 Å². The summed E-state index contributed by atoms with van der Waals surface area (Å²) in [5.41, 5.74) is 0.221. The Morgan fingerprint density at radius 2 is 2.14 bits per heavy atom. The molecule has 2 aliphatic rings. The average molecular weight is 290 g/mol. The predicted molar refractivity (Wildman–Crippen MR) is 79.9 cm³/mol. The lowest BCUT2D eigenvalue weighted by Crippen LogP contribution is -2.35. The molecular formula is C16H22N2O3. The largest absolute Gasteiger partial charge is 0.491 e. The van der Waals surface area contributed by atoms with Crippen LogP contribution in [0.25, 0.3) is 0 Å². The Labute approximate surface area is 124 Å². The van der Waals surface area contributed by atoms with E-state index in [9.17, 15) is 4.79 Å². The van der Waals surface area contributed by atoms with Gasteiger partial charge in [0.1, 0.15) is 17.9 Å². The summed E-state index contributed by atoms with van der Waals surface area (Å²) in [7, 11) is 0. The van der Waals surface area contributed by atoms with Crippen molar-refractivity contribution in [2.24, 2.45) is 0 Å². The first kappa shape index (κ1) is 14.4. The zero-order valence-electron chi connectivity index (χ0n) is 12.1. The van der Waals surface area contributed by atoms with Crippen LogP contribution in [0.4, 0.5) is 0 Å². The third-order valence-electron chi connectivity index (χ3n) is 4.19. The number of carbonyl (C=O) groups is 1. The van der Waals surface area contributed by atoms with E-state index >= 15 is 0 Å². The van der Waals surface area contributed by atoms with E-state index in [0.717, 1.165) is 19.1 Å². The second-order valence-corrected chi connectivity index (χ2v) is 5.82. The lowest BCUT2D eigenvalue weighted by atomic mass is 10.2. The minimum absolute atomic E-state index is 0.221. The Bertz CT molecular complexity index is 502. The molecule has 1 aliphatic heterocycles. The molecule has 1 unspecified atom stereocenters. The average Bonchev–Trinajstić information content (AvgIpc) is 3.23. The Morgan fingerprint density at radius 3 is 2.90 bits per heavy atom. The van der Waals surface area contributed by atoms with Gasteiger partial charge in [-0.25, -0.2) is 4.79 Å². The highest BCUT2D eigenvalue weighted by molar-refractivity contribution is 5.90. The van der Waals surface area contributed by atoms with Gasteiger partial charge in [-0.2, -0.15) is 0 Å². The predicted octanol–water partition coefficient (Wildman–Crippen LogP) is 1.59. The van der Waals surface area contributed by atoms with Crippen molar-refractivity contribution in [1.82, 2.24) is 10.2 Å². The fourth-order valence-electron chi connectivity index (χ4n) is 2.92. The Morgan fingerprint density at radius 1 is 1.33 bits per heavy atom. The van der Waals surface area contributed by atoms with Crippen molar-refractivity contribution in [3.8, 4) is 5.75 Å². The number of aromatic carboxylic acids is 1. The number of carboxylic acid groups (broad SMARTS) is 1. The maximum Gasteiger partial charge on any atom is 0.339 e. The highest BCUT2D eigenvalue weighted by Gasteiger charge is 2.33. The van der Waals surface area contributed by atoms with Crippen molar-refractivity contribution in [1.29, 1.82) is 0 Å². The smallest absolute Gasteiger partial charge is 0.339 e. The highest BCUT2D eigenvalue weighted by Crippen LogP contribution is 2.29. The third kappa shape index (κ3) is 3.74. The first-order valence-corrected chi connectivity index (χ1v) is 7.66. The van der Waals surface area contributed by atoms with E-state index in [2.05, 4.69) is 10.2 Å². The topological polar surface area (TPSA) is 61.8 Å². The van der Waals surface area contributed by atoms with Gasteiger partial charge >= 0.3 is 5.97 Å². The Kier molecular flexibility index (Phi) is 4.41. The Balaban J connectivity index is 1.39. The van der Waals surface area contributed by atoms with Crippen LogP contribution in [0.2, 0.25) is 0 Å². The van der Waals surface area contributed by atoms with Crippen LogP contribution in [0.15, 0.2) is 24.3 Å². The van der Waals surface area contributed by atoms with E-state index in [1.807, 2.05) is 0 Å². The molecule has 1 aliphatic carbocycles.